The van der Waals surface area contributed by atoms with Crippen LogP contribution in [0.1, 0.15) is 42.4 Å². The molecule has 1 fully saturated rings. The second-order valence-corrected chi connectivity index (χ2v) is 5.09. The molecular formula is C13H19N3O. The molecule has 0 saturated carbocycles. The molecule has 1 saturated heterocycles. The van der Waals surface area contributed by atoms with E-state index in [0.29, 0.717) is 6.04 Å². The van der Waals surface area contributed by atoms with Crippen LogP contribution in [-0.2, 0) is 12.8 Å². The van der Waals surface area contributed by atoms with Crippen molar-refractivity contribution < 1.29 is 0 Å². The molecular weight excluding hydrogens is 214 g/mol. The van der Waals surface area contributed by atoms with Crippen molar-refractivity contribution in [1.82, 2.24) is 14.9 Å². The fourth-order valence-corrected chi connectivity index (χ4v) is 3.12. The van der Waals surface area contributed by atoms with Crippen LogP contribution < -0.4 is 10.9 Å². The number of aromatic nitrogens is 2. The molecule has 17 heavy (non-hydrogen) atoms. The Morgan fingerprint density at radius 3 is 2.82 bits per heavy atom. The lowest BCUT2D eigenvalue weighted by molar-refractivity contribution is 0.350. The zero-order valence-corrected chi connectivity index (χ0v) is 10.3. The minimum absolute atomic E-state index is 0.233. The molecule has 3 rings (SSSR count). The summed E-state index contributed by atoms with van der Waals surface area (Å²) in [5.74, 6) is 0.905. The fourth-order valence-electron chi connectivity index (χ4n) is 3.12. The monoisotopic (exact) mass is 233 g/mol. The standard InChI is InChI=1S/C13H19N3O/c1-9-15-12-4-2-3-11(12)13(17)16(9)10-5-7-14-8-6-10/h10,14H,2-8H2,1H3. The van der Waals surface area contributed by atoms with E-state index in [1.807, 2.05) is 11.5 Å². The van der Waals surface area contributed by atoms with Gasteiger partial charge in [0.1, 0.15) is 5.82 Å². The van der Waals surface area contributed by atoms with E-state index in [-0.39, 0.29) is 5.56 Å². The van der Waals surface area contributed by atoms with Crippen molar-refractivity contribution >= 4 is 0 Å². The van der Waals surface area contributed by atoms with E-state index in [9.17, 15) is 4.79 Å². The number of piperidine rings is 1. The maximum absolute atomic E-state index is 12.5. The molecule has 0 bridgehead atoms. The SMILES string of the molecule is Cc1nc2c(c(=O)n1C1CCNCC1)CCC2. The molecule has 92 valence electrons. The lowest BCUT2D eigenvalue weighted by Crippen LogP contribution is -2.37. The van der Waals surface area contributed by atoms with Crippen LogP contribution in [0.15, 0.2) is 4.79 Å². The van der Waals surface area contributed by atoms with Gasteiger partial charge in [-0.3, -0.25) is 9.36 Å². The van der Waals surface area contributed by atoms with Crippen molar-refractivity contribution in [2.24, 2.45) is 0 Å². The molecule has 0 radical (unpaired) electrons. The number of nitrogens with zero attached hydrogens (tertiary/aromatic N) is 2. The van der Waals surface area contributed by atoms with Crippen LogP contribution in [-0.4, -0.2) is 22.6 Å². The zero-order valence-electron chi connectivity index (χ0n) is 10.3. The minimum atomic E-state index is 0.233. The minimum Gasteiger partial charge on any atom is -0.317 e. The van der Waals surface area contributed by atoms with Gasteiger partial charge in [0.25, 0.3) is 5.56 Å². The largest absolute Gasteiger partial charge is 0.317 e. The second-order valence-electron chi connectivity index (χ2n) is 5.09. The molecule has 2 aliphatic rings. The summed E-state index contributed by atoms with van der Waals surface area (Å²) in [6.45, 7) is 3.99. The van der Waals surface area contributed by atoms with Crippen molar-refractivity contribution in [3.05, 3.63) is 27.4 Å². The molecule has 4 heteroatoms. The van der Waals surface area contributed by atoms with Crippen LogP contribution in [0.25, 0.3) is 0 Å². The average molecular weight is 233 g/mol. The first-order chi connectivity index (χ1) is 8.27. The summed E-state index contributed by atoms with van der Waals surface area (Å²) >= 11 is 0. The Balaban J connectivity index is 2.07. The Hall–Kier alpha value is -1.16. The molecule has 4 nitrogen and oxygen atoms in total. The third-order valence-corrected chi connectivity index (χ3v) is 3.98. The summed E-state index contributed by atoms with van der Waals surface area (Å²) in [6.07, 6.45) is 5.08. The highest BCUT2D eigenvalue weighted by molar-refractivity contribution is 5.24. The molecule has 0 unspecified atom stereocenters. The number of rotatable bonds is 1. The highest BCUT2D eigenvalue weighted by atomic mass is 16.1. The van der Waals surface area contributed by atoms with Crippen LogP contribution in [0, 0.1) is 6.92 Å². The van der Waals surface area contributed by atoms with Crippen LogP contribution in [0.5, 0.6) is 0 Å². The molecule has 0 atom stereocenters. The summed E-state index contributed by atoms with van der Waals surface area (Å²) in [4.78, 5) is 17.1. The third-order valence-electron chi connectivity index (χ3n) is 3.98. The summed E-state index contributed by atoms with van der Waals surface area (Å²) < 4.78 is 1.95. The molecule has 1 aliphatic heterocycles. The third kappa shape index (κ3) is 1.80. The highest BCUT2D eigenvalue weighted by Gasteiger charge is 2.24. The predicted molar refractivity (Wildman–Crippen MR) is 66.4 cm³/mol. The van der Waals surface area contributed by atoms with Gasteiger partial charge in [0.05, 0.1) is 5.69 Å². The first-order valence-corrected chi connectivity index (χ1v) is 6.59. The molecule has 0 amide bonds. The van der Waals surface area contributed by atoms with E-state index in [0.717, 1.165) is 62.3 Å². The summed E-state index contributed by atoms with van der Waals surface area (Å²) in [5.41, 5.74) is 2.27. The van der Waals surface area contributed by atoms with Gasteiger partial charge in [-0.25, -0.2) is 4.98 Å². The van der Waals surface area contributed by atoms with Gasteiger partial charge in [0, 0.05) is 11.6 Å². The molecule has 1 N–H and O–H groups in total. The van der Waals surface area contributed by atoms with Gasteiger partial charge < -0.3 is 5.32 Å². The van der Waals surface area contributed by atoms with Crippen LogP contribution in [0.3, 0.4) is 0 Å². The van der Waals surface area contributed by atoms with Crippen molar-refractivity contribution in [3.63, 3.8) is 0 Å². The molecule has 2 heterocycles. The van der Waals surface area contributed by atoms with Gasteiger partial charge in [-0.2, -0.15) is 0 Å². The molecule has 0 aromatic carbocycles. The van der Waals surface area contributed by atoms with Crippen molar-refractivity contribution in [2.75, 3.05) is 13.1 Å². The van der Waals surface area contributed by atoms with Crippen molar-refractivity contribution in [3.8, 4) is 0 Å². The summed E-state index contributed by atoms with van der Waals surface area (Å²) in [7, 11) is 0. The van der Waals surface area contributed by atoms with Gasteiger partial charge in [-0.1, -0.05) is 0 Å². The normalized spacial score (nSPS) is 20.5. The lowest BCUT2D eigenvalue weighted by atomic mass is 10.1. The van der Waals surface area contributed by atoms with Gasteiger partial charge in [0.15, 0.2) is 0 Å². The molecule has 1 aromatic rings. The Bertz CT molecular complexity index is 486. The highest BCUT2D eigenvalue weighted by Crippen LogP contribution is 2.21. The summed E-state index contributed by atoms with van der Waals surface area (Å²) in [5, 5.41) is 3.34. The fraction of sp³-hybridized carbons (Fsp3) is 0.692. The molecule has 1 aromatic heterocycles. The zero-order chi connectivity index (χ0) is 11.8. The molecule has 0 spiro atoms. The first-order valence-electron chi connectivity index (χ1n) is 6.59. The van der Waals surface area contributed by atoms with E-state index in [4.69, 9.17) is 0 Å². The van der Waals surface area contributed by atoms with Gasteiger partial charge in [-0.05, 0) is 52.1 Å². The number of fused-ring (bicyclic) bond motifs is 1. The van der Waals surface area contributed by atoms with Gasteiger partial charge >= 0.3 is 0 Å². The Morgan fingerprint density at radius 2 is 2.06 bits per heavy atom. The quantitative estimate of drug-likeness (QED) is 0.786. The van der Waals surface area contributed by atoms with Gasteiger partial charge in [0.2, 0.25) is 0 Å². The maximum atomic E-state index is 12.5. The Kier molecular flexibility index (Phi) is 2.74. The van der Waals surface area contributed by atoms with E-state index < -0.39 is 0 Å². The maximum Gasteiger partial charge on any atom is 0.257 e. The summed E-state index contributed by atoms with van der Waals surface area (Å²) in [6, 6.07) is 0.349. The number of nitrogens with one attached hydrogen (secondary N) is 1. The number of aryl methyl sites for hydroxylation is 2. The van der Waals surface area contributed by atoms with E-state index in [1.54, 1.807) is 0 Å². The van der Waals surface area contributed by atoms with Crippen LogP contribution in [0.4, 0.5) is 0 Å². The van der Waals surface area contributed by atoms with Gasteiger partial charge in [-0.15, -0.1) is 0 Å². The van der Waals surface area contributed by atoms with Crippen LogP contribution in [0.2, 0.25) is 0 Å². The Labute approximate surface area is 101 Å². The molecule has 1 aliphatic carbocycles. The van der Waals surface area contributed by atoms with E-state index in [1.165, 1.54) is 0 Å². The topological polar surface area (TPSA) is 46.9 Å². The first kappa shape index (κ1) is 11.0. The Morgan fingerprint density at radius 1 is 1.29 bits per heavy atom. The smallest absolute Gasteiger partial charge is 0.257 e. The van der Waals surface area contributed by atoms with Crippen molar-refractivity contribution in [1.29, 1.82) is 0 Å². The van der Waals surface area contributed by atoms with Crippen molar-refractivity contribution in [2.45, 2.75) is 45.1 Å². The van der Waals surface area contributed by atoms with E-state index in [2.05, 4.69) is 10.3 Å². The number of hydrogen-bond acceptors (Lipinski definition) is 3. The predicted octanol–water partition coefficient (Wildman–Crippen LogP) is 0.965. The second kappa shape index (κ2) is 4.26. The van der Waals surface area contributed by atoms with Crippen LogP contribution >= 0.6 is 0 Å². The van der Waals surface area contributed by atoms with E-state index >= 15 is 0 Å². The lowest BCUT2D eigenvalue weighted by Gasteiger charge is -2.26. The average Bonchev–Trinajstić information content (AvgIpc) is 2.78. The number of hydrogen-bond donors (Lipinski definition) is 1.